The molecule has 2 aromatic rings. The Bertz CT molecular complexity index is 952. The average Bonchev–Trinajstić information content (AvgIpc) is 3.14. The average molecular weight is 480 g/mol. The van der Waals surface area contributed by atoms with E-state index >= 15 is 0 Å². The minimum Gasteiger partial charge on any atom is -0.327 e. The van der Waals surface area contributed by atoms with Crippen molar-refractivity contribution in [3.8, 4) is 0 Å². The van der Waals surface area contributed by atoms with Gasteiger partial charge < -0.3 is 14.4 Å². The van der Waals surface area contributed by atoms with E-state index < -0.39 is 9.84 Å². The standard InChI is InChI=1S/C21H34N4O2S.2ClH/c1-21(2,3)14-20-22-18-13-16(28(26,27)17-9-10-24(6)15-17)7-8-19(18)25(20)12-11-23(4)5;;/h7-8,13,17H,9-12,14-15H2,1-6H3;2*1H/t17-;;/m0../s1. The SMILES string of the molecule is CN(C)CCn1c(CC(C)(C)C)nc2cc(S(=O)(=O)[C@H]3CCN(C)C3)ccc21.Cl.Cl. The second-order valence-electron chi connectivity index (χ2n) is 9.59. The molecular weight excluding hydrogens is 443 g/mol. The molecule has 2 heterocycles. The van der Waals surface area contributed by atoms with Gasteiger partial charge in [-0.3, -0.25) is 0 Å². The van der Waals surface area contributed by atoms with Crippen LogP contribution in [0, 0.1) is 5.41 Å². The number of likely N-dealkylation sites (tertiary alicyclic amines) is 1. The topological polar surface area (TPSA) is 58.4 Å². The van der Waals surface area contributed by atoms with E-state index in [1.165, 1.54) is 0 Å². The minimum absolute atomic E-state index is 0. The number of likely N-dealkylation sites (N-methyl/N-ethyl adjacent to an activating group) is 1. The molecule has 1 atom stereocenters. The van der Waals surface area contributed by atoms with Crippen LogP contribution in [0.3, 0.4) is 0 Å². The van der Waals surface area contributed by atoms with E-state index in [0.717, 1.165) is 42.9 Å². The molecule has 30 heavy (non-hydrogen) atoms. The molecule has 0 amide bonds. The lowest BCUT2D eigenvalue weighted by molar-refractivity contribution is 0.365. The molecule has 1 aliphatic rings. The van der Waals surface area contributed by atoms with Crippen molar-refractivity contribution in [3.05, 3.63) is 24.0 Å². The molecule has 0 spiro atoms. The van der Waals surface area contributed by atoms with Gasteiger partial charge in [-0.25, -0.2) is 13.4 Å². The normalized spacial score (nSPS) is 17.9. The minimum atomic E-state index is -3.33. The molecule has 0 unspecified atom stereocenters. The number of imidazole rings is 1. The van der Waals surface area contributed by atoms with Gasteiger partial charge in [0.2, 0.25) is 0 Å². The third kappa shape index (κ3) is 6.10. The highest BCUT2D eigenvalue weighted by Crippen LogP contribution is 2.28. The maximum atomic E-state index is 13.1. The van der Waals surface area contributed by atoms with Crippen LogP contribution >= 0.6 is 24.8 Å². The highest BCUT2D eigenvalue weighted by Gasteiger charge is 2.33. The quantitative estimate of drug-likeness (QED) is 0.635. The van der Waals surface area contributed by atoms with Crippen LogP contribution < -0.4 is 0 Å². The molecule has 0 N–H and O–H groups in total. The lowest BCUT2D eigenvalue weighted by atomic mass is 9.92. The third-order valence-corrected chi connectivity index (χ3v) is 7.55. The van der Waals surface area contributed by atoms with E-state index in [1.54, 1.807) is 12.1 Å². The molecule has 172 valence electrons. The number of aromatic nitrogens is 2. The van der Waals surface area contributed by atoms with Gasteiger partial charge in [-0.2, -0.15) is 0 Å². The highest BCUT2D eigenvalue weighted by atomic mass is 35.5. The van der Waals surface area contributed by atoms with Crippen molar-refractivity contribution in [1.82, 2.24) is 19.4 Å². The Labute approximate surface area is 193 Å². The molecule has 1 aromatic heterocycles. The van der Waals surface area contributed by atoms with E-state index in [0.29, 0.717) is 17.9 Å². The number of fused-ring (bicyclic) bond motifs is 1. The second kappa shape index (κ2) is 10.2. The van der Waals surface area contributed by atoms with E-state index in [2.05, 4.69) is 49.2 Å². The number of hydrogen-bond donors (Lipinski definition) is 0. The molecule has 3 rings (SSSR count). The Hall–Kier alpha value is -0.860. The summed E-state index contributed by atoms with van der Waals surface area (Å²) in [7, 11) is 2.77. The number of sulfone groups is 1. The Morgan fingerprint density at radius 3 is 2.40 bits per heavy atom. The summed E-state index contributed by atoms with van der Waals surface area (Å²) in [5.74, 6) is 1.03. The van der Waals surface area contributed by atoms with Crippen LogP contribution in [0.1, 0.15) is 33.0 Å². The lowest BCUT2D eigenvalue weighted by Crippen LogP contribution is -2.25. The zero-order valence-corrected chi connectivity index (χ0v) is 21.3. The fraction of sp³-hybridized carbons (Fsp3) is 0.667. The van der Waals surface area contributed by atoms with Crippen molar-refractivity contribution in [2.45, 2.75) is 50.3 Å². The van der Waals surface area contributed by atoms with Gasteiger partial charge in [0.25, 0.3) is 0 Å². The summed E-state index contributed by atoms with van der Waals surface area (Å²) in [6, 6.07) is 5.49. The van der Waals surface area contributed by atoms with Gasteiger partial charge in [-0.15, -0.1) is 24.8 Å². The monoisotopic (exact) mass is 478 g/mol. The fourth-order valence-electron chi connectivity index (χ4n) is 3.84. The second-order valence-corrected chi connectivity index (χ2v) is 11.8. The Morgan fingerprint density at radius 1 is 1.20 bits per heavy atom. The number of benzene rings is 1. The maximum Gasteiger partial charge on any atom is 0.182 e. The molecule has 6 nitrogen and oxygen atoms in total. The van der Waals surface area contributed by atoms with Gasteiger partial charge in [0.05, 0.1) is 21.2 Å². The van der Waals surface area contributed by atoms with Crippen LogP contribution in [0.15, 0.2) is 23.1 Å². The predicted molar refractivity (Wildman–Crippen MR) is 129 cm³/mol. The summed E-state index contributed by atoms with van der Waals surface area (Å²) in [6.45, 7) is 9.80. The van der Waals surface area contributed by atoms with Gasteiger partial charge in [0.15, 0.2) is 9.84 Å². The van der Waals surface area contributed by atoms with Gasteiger partial charge in [-0.1, -0.05) is 20.8 Å². The number of rotatable bonds is 6. The Kier molecular flexibility index (Phi) is 9.21. The number of hydrogen-bond acceptors (Lipinski definition) is 5. The summed E-state index contributed by atoms with van der Waals surface area (Å²) in [4.78, 5) is 9.50. The Balaban J connectivity index is 0.00000225. The van der Waals surface area contributed by atoms with Crippen LogP contribution in [0.2, 0.25) is 0 Å². The zero-order chi connectivity index (χ0) is 20.7. The van der Waals surface area contributed by atoms with E-state index in [1.807, 2.05) is 13.1 Å². The molecular formula is C21H36Cl2N4O2S. The molecule has 1 fully saturated rings. The van der Waals surface area contributed by atoms with Crippen molar-refractivity contribution < 1.29 is 8.42 Å². The number of halogens is 2. The van der Waals surface area contributed by atoms with Gasteiger partial charge in [-0.05, 0) is 57.7 Å². The summed E-state index contributed by atoms with van der Waals surface area (Å²) < 4.78 is 28.4. The zero-order valence-electron chi connectivity index (χ0n) is 18.9. The molecule has 0 saturated carbocycles. The van der Waals surface area contributed by atoms with Gasteiger partial charge in [0.1, 0.15) is 5.82 Å². The summed E-state index contributed by atoms with van der Waals surface area (Å²) >= 11 is 0. The third-order valence-electron chi connectivity index (χ3n) is 5.37. The first-order valence-electron chi connectivity index (χ1n) is 10.0. The van der Waals surface area contributed by atoms with Gasteiger partial charge >= 0.3 is 0 Å². The van der Waals surface area contributed by atoms with Crippen LogP contribution in [-0.2, 0) is 22.8 Å². The molecule has 9 heteroatoms. The molecule has 1 aliphatic heterocycles. The number of nitrogens with zero attached hydrogens (tertiary/aromatic N) is 4. The highest BCUT2D eigenvalue weighted by molar-refractivity contribution is 7.92. The molecule has 0 radical (unpaired) electrons. The summed E-state index contributed by atoms with van der Waals surface area (Å²) in [5, 5.41) is -0.320. The summed E-state index contributed by atoms with van der Waals surface area (Å²) in [5.41, 5.74) is 1.91. The molecule has 1 saturated heterocycles. The maximum absolute atomic E-state index is 13.1. The largest absolute Gasteiger partial charge is 0.327 e. The molecule has 0 aliphatic carbocycles. The van der Waals surface area contributed by atoms with E-state index in [4.69, 9.17) is 4.98 Å². The molecule has 1 aromatic carbocycles. The Morgan fingerprint density at radius 2 is 1.87 bits per heavy atom. The molecule has 0 bridgehead atoms. The summed E-state index contributed by atoms with van der Waals surface area (Å²) in [6.07, 6.45) is 1.55. The van der Waals surface area contributed by atoms with Crippen LogP contribution in [-0.4, -0.2) is 73.8 Å². The van der Waals surface area contributed by atoms with E-state index in [-0.39, 0.29) is 35.5 Å². The van der Waals surface area contributed by atoms with Gasteiger partial charge in [0, 0.05) is 26.1 Å². The first-order chi connectivity index (χ1) is 13.0. The fourth-order valence-corrected chi connectivity index (χ4v) is 5.62. The van der Waals surface area contributed by atoms with Crippen LogP contribution in [0.5, 0.6) is 0 Å². The van der Waals surface area contributed by atoms with Crippen molar-refractivity contribution in [1.29, 1.82) is 0 Å². The first-order valence-corrected chi connectivity index (χ1v) is 11.6. The lowest BCUT2D eigenvalue weighted by Gasteiger charge is -2.19. The van der Waals surface area contributed by atoms with E-state index in [9.17, 15) is 8.42 Å². The van der Waals surface area contributed by atoms with Crippen molar-refractivity contribution in [2.24, 2.45) is 5.41 Å². The van der Waals surface area contributed by atoms with Crippen molar-refractivity contribution in [2.75, 3.05) is 40.8 Å². The first kappa shape index (κ1) is 27.2. The predicted octanol–water partition coefficient (Wildman–Crippen LogP) is 3.51. The van der Waals surface area contributed by atoms with Crippen LogP contribution in [0.25, 0.3) is 11.0 Å². The van der Waals surface area contributed by atoms with Crippen molar-refractivity contribution in [3.63, 3.8) is 0 Å². The van der Waals surface area contributed by atoms with Crippen LogP contribution in [0.4, 0.5) is 0 Å². The van der Waals surface area contributed by atoms with Crippen molar-refractivity contribution >= 4 is 45.7 Å². The smallest absolute Gasteiger partial charge is 0.182 e.